The van der Waals surface area contributed by atoms with Crippen LogP contribution in [0.2, 0.25) is 0 Å². The van der Waals surface area contributed by atoms with E-state index in [2.05, 4.69) is 21.2 Å². The summed E-state index contributed by atoms with van der Waals surface area (Å²) in [6, 6.07) is 4.49. The quantitative estimate of drug-likeness (QED) is 0.820. The van der Waals surface area contributed by atoms with Gasteiger partial charge in [-0.15, -0.1) is 0 Å². The number of rotatable bonds is 5. The second kappa shape index (κ2) is 7.28. The highest BCUT2D eigenvalue weighted by Crippen LogP contribution is 2.16. The maximum absolute atomic E-state index is 13.3. The minimum Gasteiger partial charge on any atom is -0.391 e. The summed E-state index contributed by atoms with van der Waals surface area (Å²) in [5, 5.41) is 11.8. The van der Waals surface area contributed by atoms with Crippen LogP contribution >= 0.6 is 15.9 Å². The molecule has 1 aromatic rings. The van der Waals surface area contributed by atoms with Crippen LogP contribution in [0.15, 0.2) is 28.7 Å². The van der Waals surface area contributed by atoms with Crippen molar-refractivity contribution in [3.63, 3.8) is 0 Å². The molecule has 1 aromatic carbocycles. The average Bonchev–Trinajstić information content (AvgIpc) is 2.36. The fraction of sp³-hybridized carbons (Fsp3) is 0.308. The van der Waals surface area contributed by atoms with E-state index in [-0.39, 0.29) is 12.5 Å². The summed E-state index contributed by atoms with van der Waals surface area (Å²) in [5.41, 5.74) is 0.329. The zero-order valence-electron chi connectivity index (χ0n) is 9.99. The van der Waals surface area contributed by atoms with E-state index in [4.69, 9.17) is 0 Å². The SMILES string of the molecule is CCC(O)CNC(=O)/C=C/c1cc(Br)ccc1F. The van der Waals surface area contributed by atoms with Crippen molar-refractivity contribution in [1.29, 1.82) is 0 Å². The minimum atomic E-state index is -0.551. The Bertz CT molecular complexity index is 449. The Morgan fingerprint density at radius 1 is 1.61 bits per heavy atom. The molecular formula is C13H15BrFNO2. The van der Waals surface area contributed by atoms with Gasteiger partial charge >= 0.3 is 0 Å². The van der Waals surface area contributed by atoms with Gasteiger partial charge in [0.2, 0.25) is 5.91 Å². The maximum Gasteiger partial charge on any atom is 0.244 e. The van der Waals surface area contributed by atoms with Crippen LogP contribution in [0.4, 0.5) is 4.39 Å². The lowest BCUT2D eigenvalue weighted by molar-refractivity contribution is -0.116. The number of carbonyl (C=O) groups excluding carboxylic acids is 1. The lowest BCUT2D eigenvalue weighted by Gasteiger charge is -2.07. The van der Waals surface area contributed by atoms with Gasteiger partial charge in [0.05, 0.1) is 6.10 Å². The predicted molar refractivity (Wildman–Crippen MR) is 72.4 cm³/mol. The van der Waals surface area contributed by atoms with Crippen molar-refractivity contribution in [1.82, 2.24) is 5.32 Å². The van der Waals surface area contributed by atoms with E-state index in [0.717, 1.165) is 4.47 Å². The van der Waals surface area contributed by atoms with E-state index in [0.29, 0.717) is 12.0 Å². The molecule has 0 saturated carbocycles. The summed E-state index contributed by atoms with van der Waals surface area (Å²) in [6.45, 7) is 2.02. The molecule has 1 rings (SSSR count). The highest BCUT2D eigenvalue weighted by Gasteiger charge is 2.03. The number of halogens is 2. The molecule has 1 atom stereocenters. The van der Waals surface area contributed by atoms with Gasteiger partial charge in [-0.1, -0.05) is 22.9 Å². The van der Waals surface area contributed by atoms with Gasteiger partial charge in [0.1, 0.15) is 5.82 Å². The molecule has 0 aromatic heterocycles. The molecule has 98 valence electrons. The fourth-order valence-electron chi connectivity index (χ4n) is 1.23. The Labute approximate surface area is 114 Å². The topological polar surface area (TPSA) is 49.3 Å². The third kappa shape index (κ3) is 4.98. The number of hydrogen-bond donors (Lipinski definition) is 2. The van der Waals surface area contributed by atoms with Gasteiger partial charge in [-0.3, -0.25) is 4.79 Å². The summed E-state index contributed by atoms with van der Waals surface area (Å²) in [6.07, 6.45) is 2.66. The molecule has 1 amide bonds. The summed E-state index contributed by atoms with van der Waals surface area (Å²) in [5.74, 6) is -0.752. The van der Waals surface area contributed by atoms with Crippen LogP contribution in [-0.2, 0) is 4.79 Å². The number of aliphatic hydroxyl groups is 1. The fourth-order valence-corrected chi connectivity index (χ4v) is 1.61. The third-order valence-corrected chi connectivity index (χ3v) is 2.85. The highest BCUT2D eigenvalue weighted by molar-refractivity contribution is 9.10. The molecular weight excluding hydrogens is 301 g/mol. The first-order valence-electron chi connectivity index (χ1n) is 5.62. The molecule has 5 heteroatoms. The lowest BCUT2D eigenvalue weighted by Crippen LogP contribution is -2.30. The molecule has 18 heavy (non-hydrogen) atoms. The van der Waals surface area contributed by atoms with Crippen molar-refractivity contribution in [2.45, 2.75) is 19.4 Å². The van der Waals surface area contributed by atoms with Gasteiger partial charge in [0.15, 0.2) is 0 Å². The van der Waals surface area contributed by atoms with E-state index < -0.39 is 11.9 Å². The standard InChI is InChI=1S/C13H15BrFNO2/c1-2-11(17)8-16-13(18)6-3-9-7-10(14)4-5-12(9)15/h3-7,11,17H,2,8H2,1H3,(H,16,18)/b6-3+. The molecule has 0 heterocycles. The Balaban J connectivity index is 2.58. The van der Waals surface area contributed by atoms with Crippen LogP contribution < -0.4 is 5.32 Å². The minimum absolute atomic E-state index is 0.195. The Morgan fingerprint density at radius 3 is 3.00 bits per heavy atom. The van der Waals surface area contributed by atoms with Crippen molar-refractivity contribution < 1.29 is 14.3 Å². The number of amides is 1. The highest BCUT2D eigenvalue weighted by atomic mass is 79.9. The first-order chi connectivity index (χ1) is 8.52. The summed E-state index contributed by atoms with van der Waals surface area (Å²) >= 11 is 3.23. The van der Waals surface area contributed by atoms with Gasteiger partial charge < -0.3 is 10.4 Å². The van der Waals surface area contributed by atoms with Crippen molar-refractivity contribution >= 4 is 27.9 Å². The normalized spacial score (nSPS) is 12.7. The van der Waals surface area contributed by atoms with E-state index in [1.54, 1.807) is 12.1 Å². The summed E-state index contributed by atoms with van der Waals surface area (Å²) in [7, 11) is 0. The maximum atomic E-state index is 13.3. The molecule has 0 aliphatic heterocycles. The monoisotopic (exact) mass is 315 g/mol. The molecule has 0 saturated heterocycles. The molecule has 1 unspecified atom stereocenters. The molecule has 0 aliphatic rings. The van der Waals surface area contributed by atoms with Gasteiger partial charge in [-0.05, 0) is 30.7 Å². The van der Waals surface area contributed by atoms with Gasteiger partial charge in [-0.25, -0.2) is 4.39 Å². The lowest BCUT2D eigenvalue weighted by atomic mass is 10.2. The largest absolute Gasteiger partial charge is 0.391 e. The van der Waals surface area contributed by atoms with Gasteiger partial charge in [0, 0.05) is 22.7 Å². The number of carbonyl (C=O) groups is 1. The molecule has 0 spiro atoms. The number of benzene rings is 1. The van der Waals surface area contributed by atoms with Crippen molar-refractivity contribution in [2.24, 2.45) is 0 Å². The number of aliphatic hydroxyl groups excluding tert-OH is 1. The van der Waals surface area contributed by atoms with Crippen molar-refractivity contribution in [2.75, 3.05) is 6.54 Å². The molecule has 0 bridgehead atoms. The zero-order valence-corrected chi connectivity index (χ0v) is 11.6. The van der Waals surface area contributed by atoms with Crippen LogP contribution in [0.5, 0.6) is 0 Å². The predicted octanol–water partition coefficient (Wildman–Crippen LogP) is 2.49. The van der Waals surface area contributed by atoms with E-state index in [1.807, 2.05) is 6.92 Å². The Kier molecular flexibility index (Phi) is 6.01. The van der Waals surface area contributed by atoms with E-state index in [9.17, 15) is 14.3 Å². The molecule has 3 nitrogen and oxygen atoms in total. The smallest absolute Gasteiger partial charge is 0.244 e. The molecule has 0 fully saturated rings. The molecule has 0 aliphatic carbocycles. The van der Waals surface area contributed by atoms with Crippen molar-refractivity contribution in [3.8, 4) is 0 Å². The molecule has 2 N–H and O–H groups in total. The second-order valence-corrected chi connectivity index (χ2v) is 4.72. The van der Waals surface area contributed by atoms with Crippen LogP contribution in [-0.4, -0.2) is 23.7 Å². The summed E-state index contributed by atoms with van der Waals surface area (Å²) in [4.78, 5) is 11.4. The van der Waals surface area contributed by atoms with Gasteiger partial charge in [-0.2, -0.15) is 0 Å². The molecule has 0 radical (unpaired) electrons. The third-order valence-electron chi connectivity index (χ3n) is 2.36. The van der Waals surface area contributed by atoms with Crippen LogP contribution in [0.25, 0.3) is 6.08 Å². The van der Waals surface area contributed by atoms with Crippen LogP contribution in [0, 0.1) is 5.82 Å². The zero-order chi connectivity index (χ0) is 13.5. The summed E-state index contributed by atoms with van der Waals surface area (Å²) < 4.78 is 14.1. The second-order valence-electron chi connectivity index (χ2n) is 3.81. The van der Waals surface area contributed by atoms with E-state index in [1.165, 1.54) is 18.2 Å². The first kappa shape index (κ1) is 14.9. The van der Waals surface area contributed by atoms with Crippen LogP contribution in [0.3, 0.4) is 0 Å². The Hall–Kier alpha value is -1.20. The van der Waals surface area contributed by atoms with Crippen LogP contribution in [0.1, 0.15) is 18.9 Å². The average molecular weight is 316 g/mol. The van der Waals surface area contributed by atoms with Gasteiger partial charge in [0.25, 0.3) is 0 Å². The number of nitrogens with one attached hydrogen (secondary N) is 1. The first-order valence-corrected chi connectivity index (χ1v) is 6.41. The van der Waals surface area contributed by atoms with E-state index >= 15 is 0 Å². The Morgan fingerprint density at radius 2 is 2.33 bits per heavy atom. The van der Waals surface area contributed by atoms with Crippen molar-refractivity contribution in [3.05, 3.63) is 40.1 Å². The number of hydrogen-bond acceptors (Lipinski definition) is 2.